The Kier molecular flexibility index (Phi) is 7.41. The normalized spacial score (nSPS) is 19.6. The molecule has 0 bridgehead atoms. The Morgan fingerprint density at radius 2 is 1.45 bits per heavy atom. The van der Waals surface area contributed by atoms with E-state index in [0.29, 0.717) is 24.1 Å². The molecule has 2 aromatic carbocycles. The van der Waals surface area contributed by atoms with Crippen molar-refractivity contribution in [1.82, 2.24) is 0 Å². The van der Waals surface area contributed by atoms with Crippen molar-refractivity contribution in [3.8, 4) is 0 Å². The van der Waals surface area contributed by atoms with E-state index in [1.807, 2.05) is 13.8 Å². The van der Waals surface area contributed by atoms with Crippen LogP contribution in [0.2, 0.25) is 0 Å². The standard InChI is InChI=1S/C23H27NO8S/c1-5-14-23(31-19(21(25)29-3)20(32-23)22(26)30-4)16-8-10-17(11-9-16)24-33(27,28)18-12-6-15(2)7-13-18/h6-13,19-20,24H,5,14H2,1-4H3/t19-,20-/m1/s1. The summed E-state index contributed by atoms with van der Waals surface area (Å²) in [5.74, 6) is -2.92. The van der Waals surface area contributed by atoms with E-state index in [0.717, 1.165) is 5.56 Å². The number of sulfonamides is 1. The Bertz CT molecular complexity index is 1070. The van der Waals surface area contributed by atoms with Gasteiger partial charge in [0, 0.05) is 17.7 Å². The number of hydrogen-bond donors (Lipinski definition) is 1. The fraction of sp³-hybridized carbons (Fsp3) is 0.391. The molecule has 33 heavy (non-hydrogen) atoms. The fourth-order valence-corrected chi connectivity index (χ4v) is 4.65. The number of methoxy groups -OCH3 is 2. The maximum atomic E-state index is 12.7. The summed E-state index contributed by atoms with van der Waals surface area (Å²) in [5.41, 5.74) is 1.80. The number of nitrogens with one attached hydrogen (secondary N) is 1. The summed E-state index contributed by atoms with van der Waals surface area (Å²) in [5, 5.41) is 0. The molecule has 9 nitrogen and oxygen atoms in total. The number of anilines is 1. The number of esters is 2. The molecular weight excluding hydrogens is 450 g/mol. The molecule has 0 radical (unpaired) electrons. The Labute approximate surface area is 193 Å². The summed E-state index contributed by atoms with van der Waals surface area (Å²) in [6.07, 6.45) is -1.64. The summed E-state index contributed by atoms with van der Waals surface area (Å²) < 4.78 is 49.3. The van der Waals surface area contributed by atoms with Gasteiger partial charge in [-0.1, -0.05) is 43.2 Å². The number of carbonyl (C=O) groups is 2. The molecule has 1 fully saturated rings. The molecule has 3 rings (SSSR count). The number of hydrogen-bond acceptors (Lipinski definition) is 8. The third-order valence-electron chi connectivity index (χ3n) is 5.26. The molecule has 0 saturated carbocycles. The van der Waals surface area contributed by atoms with Crippen LogP contribution in [0.15, 0.2) is 53.4 Å². The molecule has 1 aliphatic rings. The van der Waals surface area contributed by atoms with Gasteiger partial charge in [-0.05, 0) is 31.2 Å². The summed E-state index contributed by atoms with van der Waals surface area (Å²) >= 11 is 0. The summed E-state index contributed by atoms with van der Waals surface area (Å²) in [6, 6.07) is 12.9. The summed E-state index contributed by atoms with van der Waals surface area (Å²) in [4.78, 5) is 24.6. The van der Waals surface area contributed by atoms with Gasteiger partial charge in [-0.3, -0.25) is 4.72 Å². The average Bonchev–Trinajstić information content (AvgIpc) is 3.19. The van der Waals surface area contributed by atoms with E-state index in [4.69, 9.17) is 18.9 Å². The smallest absolute Gasteiger partial charge is 0.338 e. The van der Waals surface area contributed by atoms with E-state index in [9.17, 15) is 18.0 Å². The molecule has 1 N–H and O–H groups in total. The van der Waals surface area contributed by atoms with Crippen LogP contribution in [-0.4, -0.2) is 46.8 Å². The van der Waals surface area contributed by atoms with Crippen LogP contribution in [0.3, 0.4) is 0 Å². The molecule has 1 saturated heterocycles. The molecule has 2 aromatic rings. The van der Waals surface area contributed by atoms with Crippen LogP contribution in [0.1, 0.15) is 30.9 Å². The van der Waals surface area contributed by atoms with E-state index < -0.39 is 40.0 Å². The van der Waals surface area contributed by atoms with Crippen molar-refractivity contribution >= 4 is 27.6 Å². The fourth-order valence-electron chi connectivity index (χ4n) is 3.59. The molecule has 0 unspecified atom stereocenters. The SMILES string of the molecule is CCCC1(c2ccc(NS(=O)(=O)c3ccc(C)cc3)cc2)O[C@@H](C(=O)OC)[C@H](C(=O)OC)O1. The second-order valence-electron chi connectivity index (χ2n) is 7.62. The maximum absolute atomic E-state index is 12.7. The zero-order valence-electron chi connectivity index (χ0n) is 18.9. The molecule has 1 aliphatic heterocycles. The van der Waals surface area contributed by atoms with Gasteiger partial charge in [0.05, 0.1) is 19.1 Å². The predicted molar refractivity (Wildman–Crippen MR) is 119 cm³/mol. The minimum absolute atomic E-state index is 0.143. The van der Waals surface area contributed by atoms with Gasteiger partial charge < -0.3 is 18.9 Å². The van der Waals surface area contributed by atoms with Crippen molar-refractivity contribution in [2.45, 2.75) is 49.6 Å². The van der Waals surface area contributed by atoms with Gasteiger partial charge in [0.2, 0.25) is 0 Å². The van der Waals surface area contributed by atoms with Crippen LogP contribution in [0.25, 0.3) is 0 Å². The van der Waals surface area contributed by atoms with Gasteiger partial charge in [-0.15, -0.1) is 0 Å². The van der Waals surface area contributed by atoms with Crippen LogP contribution < -0.4 is 4.72 Å². The second kappa shape index (κ2) is 9.90. The monoisotopic (exact) mass is 477 g/mol. The van der Waals surface area contributed by atoms with Crippen molar-refractivity contribution < 1.29 is 37.0 Å². The molecule has 0 spiro atoms. The first-order valence-corrected chi connectivity index (χ1v) is 11.9. The number of rotatable bonds is 8. The largest absolute Gasteiger partial charge is 0.467 e. The summed E-state index contributed by atoms with van der Waals surface area (Å²) in [6.45, 7) is 3.77. The number of ether oxygens (including phenoxy) is 4. The van der Waals surface area contributed by atoms with Crippen LogP contribution in [0, 0.1) is 6.92 Å². The second-order valence-corrected chi connectivity index (χ2v) is 9.30. The average molecular weight is 478 g/mol. The van der Waals surface area contributed by atoms with Crippen LogP contribution in [0.5, 0.6) is 0 Å². The van der Waals surface area contributed by atoms with Gasteiger partial charge in [0.25, 0.3) is 10.0 Å². The third kappa shape index (κ3) is 5.18. The Morgan fingerprint density at radius 3 is 1.91 bits per heavy atom. The first-order chi connectivity index (χ1) is 15.7. The molecule has 0 aromatic heterocycles. The van der Waals surface area contributed by atoms with E-state index in [2.05, 4.69) is 4.72 Å². The molecule has 0 amide bonds. The number of carbonyl (C=O) groups excluding carboxylic acids is 2. The molecule has 2 atom stereocenters. The Hall–Kier alpha value is -2.95. The highest BCUT2D eigenvalue weighted by molar-refractivity contribution is 7.92. The lowest BCUT2D eigenvalue weighted by molar-refractivity contribution is -0.199. The highest BCUT2D eigenvalue weighted by Crippen LogP contribution is 2.42. The minimum atomic E-state index is -3.77. The summed E-state index contributed by atoms with van der Waals surface area (Å²) in [7, 11) is -1.39. The zero-order chi connectivity index (χ0) is 24.2. The minimum Gasteiger partial charge on any atom is -0.467 e. The van der Waals surface area contributed by atoms with Crippen LogP contribution in [-0.2, 0) is 44.3 Å². The molecule has 1 heterocycles. The highest BCUT2D eigenvalue weighted by atomic mass is 32.2. The van der Waals surface area contributed by atoms with Crippen molar-refractivity contribution in [3.05, 3.63) is 59.7 Å². The number of aryl methyl sites for hydroxylation is 1. The lowest BCUT2D eigenvalue weighted by atomic mass is 10.0. The highest BCUT2D eigenvalue weighted by Gasteiger charge is 2.55. The van der Waals surface area contributed by atoms with E-state index in [1.165, 1.54) is 26.4 Å². The molecule has 178 valence electrons. The lowest BCUT2D eigenvalue weighted by Gasteiger charge is -2.28. The first kappa shape index (κ1) is 24.7. The van der Waals surface area contributed by atoms with Crippen molar-refractivity contribution in [2.75, 3.05) is 18.9 Å². The van der Waals surface area contributed by atoms with Crippen LogP contribution >= 0.6 is 0 Å². The van der Waals surface area contributed by atoms with Gasteiger partial charge in [-0.25, -0.2) is 18.0 Å². The quantitative estimate of drug-likeness (QED) is 0.577. The third-order valence-corrected chi connectivity index (χ3v) is 6.66. The van der Waals surface area contributed by atoms with Gasteiger partial charge in [0.1, 0.15) is 0 Å². The first-order valence-electron chi connectivity index (χ1n) is 10.4. The van der Waals surface area contributed by atoms with Crippen molar-refractivity contribution in [3.63, 3.8) is 0 Å². The predicted octanol–water partition coefficient (Wildman–Crippen LogP) is 2.88. The van der Waals surface area contributed by atoms with Crippen molar-refractivity contribution in [2.24, 2.45) is 0 Å². The Morgan fingerprint density at radius 1 is 0.939 bits per heavy atom. The zero-order valence-corrected chi connectivity index (χ0v) is 19.7. The molecule has 0 aliphatic carbocycles. The van der Waals surface area contributed by atoms with E-state index in [1.54, 1.807) is 36.4 Å². The lowest BCUT2D eigenvalue weighted by Crippen LogP contribution is -2.38. The topological polar surface area (TPSA) is 117 Å². The van der Waals surface area contributed by atoms with E-state index in [-0.39, 0.29) is 4.90 Å². The maximum Gasteiger partial charge on any atom is 0.338 e. The van der Waals surface area contributed by atoms with Gasteiger partial charge in [-0.2, -0.15) is 0 Å². The molecule has 10 heteroatoms. The molecular formula is C23H27NO8S. The van der Waals surface area contributed by atoms with E-state index >= 15 is 0 Å². The Balaban J connectivity index is 1.88. The van der Waals surface area contributed by atoms with Crippen LogP contribution in [0.4, 0.5) is 5.69 Å². The van der Waals surface area contributed by atoms with Gasteiger partial charge >= 0.3 is 11.9 Å². The van der Waals surface area contributed by atoms with Crippen molar-refractivity contribution in [1.29, 1.82) is 0 Å². The van der Waals surface area contributed by atoms with Gasteiger partial charge in [0.15, 0.2) is 18.0 Å². The number of benzene rings is 2.